The summed E-state index contributed by atoms with van der Waals surface area (Å²) in [7, 11) is -2.87. The van der Waals surface area contributed by atoms with Crippen LogP contribution >= 0.6 is 8.25 Å². The number of carbonyl (C=O) groups is 3. The average Bonchev–Trinajstić information content (AvgIpc) is 1.76. The Morgan fingerprint density at radius 2 is 0.824 bits per heavy atom. The largest absolute Gasteiger partial charge is 3.00 e. The van der Waals surface area contributed by atoms with Gasteiger partial charge in [-0.3, -0.25) is 0 Å². The third-order valence-corrected chi connectivity index (χ3v) is 0. The third kappa shape index (κ3) is 2340. The molecule has 0 aromatic heterocycles. The van der Waals surface area contributed by atoms with Gasteiger partial charge in [0, 0.05) is 22.5 Å². The first-order valence-electron chi connectivity index (χ1n) is 3.31. The van der Waals surface area contributed by atoms with E-state index in [0.29, 0.717) is 0 Å². The van der Waals surface area contributed by atoms with Gasteiger partial charge in [-0.05, 0) is 20.8 Å². The van der Waals surface area contributed by atoms with E-state index >= 15 is 0 Å². The molecule has 2 N–H and O–H groups in total. The predicted molar refractivity (Wildman–Crippen MR) is 49.8 cm³/mol. The number of hydrogen-bond donors (Lipinski definition) is 2. The maximum atomic E-state index is 8.89. The van der Waals surface area contributed by atoms with Crippen molar-refractivity contribution < 1.29 is 44.1 Å². The van der Waals surface area contributed by atoms with Crippen molar-refractivity contribution in [2.75, 3.05) is 0 Å². The van der Waals surface area contributed by atoms with E-state index in [9.17, 15) is 0 Å². The molecular weight excluding hydrogens is 274 g/mol. The third-order valence-electron chi connectivity index (χ3n) is 0. The fourth-order valence-corrected chi connectivity index (χ4v) is 0. The van der Waals surface area contributed by atoms with Crippen LogP contribution in [-0.4, -0.2) is 45.1 Å². The molecule has 0 bridgehead atoms. The van der Waals surface area contributed by atoms with Crippen molar-refractivity contribution >= 4 is 43.5 Å². The van der Waals surface area contributed by atoms with Gasteiger partial charge in [0.25, 0.3) is 0 Å². The molecule has 0 fully saturated rings. The number of aliphatic carboxylic acids is 3. The van der Waals surface area contributed by atoms with E-state index < -0.39 is 26.2 Å². The summed E-state index contributed by atoms with van der Waals surface area (Å²) in [4.78, 5) is 40.9. The van der Waals surface area contributed by atoms with Gasteiger partial charge in [-0.25, -0.2) is 0 Å². The second-order valence-electron chi connectivity index (χ2n) is 1.73. The first kappa shape index (κ1) is 29.7. The van der Waals surface area contributed by atoms with E-state index in [4.69, 9.17) is 44.1 Å². The molecule has 0 aromatic rings. The molecule has 0 rings (SSSR count). The van der Waals surface area contributed by atoms with Crippen molar-refractivity contribution in [1.29, 1.82) is 0 Å². The summed E-state index contributed by atoms with van der Waals surface area (Å²) in [5.74, 6) is -3.25. The Morgan fingerprint density at radius 1 is 0.824 bits per heavy atom. The molecule has 0 heterocycles. The number of carboxylic acid groups (broad SMARTS) is 3. The Morgan fingerprint density at radius 3 is 0.824 bits per heavy atom. The molecule has 0 saturated heterocycles. The Labute approximate surface area is 109 Å². The van der Waals surface area contributed by atoms with Crippen LogP contribution in [0, 0.1) is 0 Å². The molecular formula is C6H11AlO9P+. The van der Waals surface area contributed by atoms with Crippen LogP contribution < -0.4 is 15.3 Å². The van der Waals surface area contributed by atoms with Crippen molar-refractivity contribution in [3.8, 4) is 0 Å². The number of hydrogen-bond acceptors (Lipinski definition) is 7. The quantitative estimate of drug-likeness (QED) is 0.327. The first-order chi connectivity index (χ1) is 6.93. The Hall–Kier alpha value is -1.04. The monoisotopic (exact) mass is 285 g/mol. The van der Waals surface area contributed by atoms with Crippen molar-refractivity contribution in [2.24, 2.45) is 0 Å². The summed E-state index contributed by atoms with van der Waals surface area (Å²) in [6, 6.07) is 0. The molecule has 0 saturated carbocycles. The topological polar surface area (TPSA) is 178 Å². The molecule has 0 radical (unpaired) electrons. The summed E-state index contributed by atoms with van der Waals surface area (Å²) < 4.78 is 8.70. The SMILES string of the molecule is CC(=O)[O-].CC(=O)[O-].CC(=O)[O-].O=[P+](O)O.[Al+3]. The molecule has 11 heteroatoms. The molecule has 0 aromatic carbocycles. The van der Waals surface area contributed by atoms with E-state index in [1.54, 1.807) is 0 Å². The number of rotatable bonds is 0. The zero-order valence-electron chi connectivity index (χ0n) is 9.28. The van der Waals surface area contributed by atoms with Crippen LogP contribution in [0.1, 0.15) is 20.8 Å². The molecule has 0 atom stereocenters. The first-order valence-corrected chi connectivity index (χ1v) is 4.47. The Kier molecular flexibility index (Phi) is 42.5. The summed E-state index contributed by atoms with van der Waals surface area (Å²) >= 11 is 0. The molecule has 96 valence electrons. The van der Waals surface area contributed by atoms with Gasteiger partial charge < -0.3 is 29.7 Å². The van der Waals surface area contributed by atoms with Crippen LogP contribution in [0.25, 0.3) is 0 Å². The zero-order chi connectivity index (χ0) is 14.3. The van der Waals surface area contributed by atoms with Gasteiger partial charge in [-0.1, -0.05) is 0 Å². The Balaban J connectivity index is -0.0000000369. The maximum absolute atomic E-state index is 8.89. The summed E-state index contributed by atoms with van der Waals surface area (Å²) in [5, 5.41) is 26.7. The zero-order valence-corrected chi connectivity index (χ0v) is 11.3. The van der Waals surface area contributed by atoms with Crippen LogP contribution in [0.2, 0.25) is 0 Å². The van der Waals surface area contributed by atoms with Gasteiger partial charge in [0.1, 0.15) is 0 Å². The summed E-state index contributed by atoms with van der Waals surface area (Å²) in [6.07, 6.45) is 0. The van der Waals surface area contributed by atoms with Gasteiger partial charge in [0.05, 0.1) is 0 Å². The van der Waals surface area contributed by atoms with Gasteiger partial charge in [-0.15, -0.1) is 9.79 Å². The maximum Gasteiger partial charge on any atom is 3.00 e. The fraction of sp³-hybridized carbons (Fsp3) is 0.500. The van der Waals surface area contributed by atoms with Crippen molar-refractivity contribution in [2.45, 2.75) is 20.8 Å². The van der Waals surface area contributed by atoms with Gasteiger partial charge in [0.2, 0.25) is 0 Å². The molecule has 0 amide bonds. The van der Waals surface area contributed by atoms with Crippen molar-refractivity contribution in [1.82, 2.24) is 0 Å². The smallest absolute Gasteiger partial charge is 0.550 e. The van der Waals surface area contributed by atoms with Crippen LogP contribution in [0.15, 0.2) is 0 Å². The summed E-state index contributed by atoms with van der Waals surface area (Å²) in [6.45, 7) is 2.92. The molecule has 17 heavy (non-hydrogen) atoms. The van der Waals surface area contributed by atoms with E-state index in [-0.39, 0.29) is 17.4 Å². The molecule has 0 spiro atoms. The molecule has 0 aliphatic heterocycles. The van der Waals surface area contributed by atoms with Gasteiger partial charge >= 0.3 is 25.6 Å². The Bertz CT molecular complexity index is 166. The second-order valence-corrected chi connectivity index (χ2v) is 2.23. The molecule has 0 aliphatic rings. The minimum atomic E-state index is -2.87. The minimum Gasteiger partial charge on any atom is -0.550 e. The molecule has 0 aliphatic carbocycles. The fourth-order valence-electron chi connectivity index (χ4n) is 0. The van der Waals surface area contributed by atoms with Crippen molar-refractivity contribution in [3.63, 3.8) is 0 Å². The van der Waals surface area contributed by atoms with E-state index in [2.05, 4.69) is 0 Å². The van der Waals surface area contributed by atoms with Crippen LogP contribution in [0.3, 0.4) is 0 Å². The predicted octanol–water partition coefficient (Wildman–Crippen LogP) is -4.48. The minimum absolute atomic E-state index is 0. The number of carbonyl (C=O) groups excluding carboxylic acids is 3. The van der Waals surface area contributed by atoms with Crippen LogP contribution in [0.5, 0.6) is 0 Å². The van der Waals surface area contributed by atoms with Gasteiger partial charge in [0.15, 0.2) is 0 Å². The standard InChI is InChI=1S/3C2H4O2.Al.HO3P/c3*1-2(3)4;;1-4(2)3/h3*1H3,(H,3,4);;(H-,1,2,3)/q;;;+3;/p-2. The normalized spacial score (nSPS) is 5.94. The summed E-state index contributed by atoms with van der Waals surface area (Å²) in [5.41, 5.74) is 0. The van der Waals surface area contributed by atoms with E-state index in [1.165, 1.54) is 0 Å². The van der Waals surface area contributed by atoms with Crippen LogP contribution in [0.4, 0.5) is 0 Å². The van der Waals surface area contributed by atoms with E-state index in [1.807, 2.05) is 0 Å². The van der Waals surface area contributed by atoms with E-state index in [0.717, 1.165) is 20.8 Å². The van der Waals surface area contributed by atoms with Crippen molar-refractivity contribution in [3.05, 3.63) is 0 Å². The second kappa shape index (κ2) is 24.3. The van der Waals surface area contributed by atoms with Gasteiger partial charge in [-0.2, -0.15) is 0 Å². The van der Waals surface area contributed by atoms with Crippen LogP contribution in [-0.2, 0) is 18.9 Å². The average molecular weight is 285 g/mol. The molecule has 0 unspecified atom stereocenters. The molecule has 9 nitrogen and oxygen atoms in total. The number of carboxylic acids is 3.